The molecule has 0 bridgehead atoms. The van der Waals surface area contributed by atoms with E-state index in [1.807, 2.05) is 37.6 Å². The standard InChI is InChI=1S/C12H15N3OS/c1-15-11(13)7-9(14-15)8-5-4-6-10(16-2)12(8)17-3/h4-7H,13H2,1-3H3. The van der Waals surface area contributed by atoms with Gasteiger partial charge in [-0.05, 0) is 12.3 Å². The van der Waals surface area contributed by atoms with Gasteiger partial charge in [-0.3, -0.25) is 4.68 Å². The second kappa shape index (κ2) is 4.71. The van der Waals surface area contributed by atoms with E-state index in [0.29, 0.717) is 5.82 Å². The lowest BCUT2D eigenvalue weighted by Gasteiger charge is -2.09. The Balaban J connectivity index is 2.58. The van der Waals surface area contributed by atoms with Crippen molar-refractivity contribution in [3.63, 3.8) is 0 Å². The number of nitrogen functional groups attached to an aromatic ring is 1. The van der Waals surface area contributed by atoms with Gasteiger partial charge >= 0.3 is 0 Å². The largest absolute Gasteiger partial charge is 0.496 e. The van der Waals surface area contributed by atoms with Gasteiger partial charge in [-0.25, -0.2) is 0 Å². The first-order valence-corrected chi connectivity index (χ1v) is 6.40. The lowest BCUT2D eigenvalue weighted by atomic mass is 10.1. The maximum absolute atomic E-state index is 5.80. The summed E-state index contributed by atoms with van der Waals surface area (Å²) in [6.45, 7) is 0. The van der Waals surface area contributed by atoms with Crippen molar-refractivity contribution in [2.24, 2.45) is 7.05 Å². The third kappa shape index (κ3) is 2.10. The van der Waals surface area contributed by atoms with Crippen LogP contribution in [0.3, 0.4) is 0 Å². The molecule has 1 aromatic carbocycles. The van der Waals surface area contributed by atoms with Gasteiger partial charge in [0.15, 0.2) is 0 Å². The van der Waals surface area contributed by atoms with Gasteiger partial charge in [-0.15, -0.1) is 11.8 Å². The first-order chi connectivity index (χ1) is 8.17. The number of hydrogen-bond acceptors (Lipinski definition) is 4. The van der Waals surface area contributed by atoms with Crippen LogP contribution in [0.2, 0.25) is 0 Å². The molecule has 2 rings (SSSR count). The molecular formula is C12H15N3OS. The zero-order valence-corrected chi connectivity index (χ0v) is 10.9. The number of nitrogens with zero attached hydrogens (tertiary/aromatic N) is 2. The average molecular weight is 249 g/mol. The number of benzene rings is 1. The number of aromatic nitrogens is 2. The Morgan fingerprint density at radius 3 is 2.71 bits per heavy atom. The Morgan fingerprint density at radius 1 is 1.41 bits per heavy atom. The smallest absolute Gasteiger partial charge is 0.133 e. The van der Waals surface area contributed by atoms with E-state index in [0.717, 1.165) is 21.9 Å². The number of rotatable bonds is 3. The number of hydrogen-bond donors (Lipinski definition) is 1. The van der Waals surface area contributed by atoms with Crippen LogP contribution in [0.5, 0.6) is 5.75 Å². The normalized spacial score (nSPS) is 10.5. The summed E-state index contributed by atoms with van der Waals surface area (Å²) in [4.78, 5) is 1.08. The van der Waals surface area contributed by atoms with Crippen LogP contribution in [0.15, 0.2) is 29.2 Å². The van der Waals surface area contributed by atoms with Gasteiger partial charge in [0.25, 0.3) is 0 Å². The fourth-order valence-electron chi connectivity index (χ4n) is 1.70. The molecule has 1 heterocycles. The number of methoxy groups -OCH3 is 1. The van der Waals surface area contributed by atoms with Gasteiger partial charge in [0.2, 0.25) is 0 Å². The molecule has 0 aliphatic carbocycles. The summed E-state index contributed by atoms with van der Waals surface area (Å²) in [5.74, 6) is 1.51. The Labute approximate surface area is 105 Å². The van der Waals surface area contributed by atoms with Gasteiger partial charge in [0, 0.05) is 18.7 Å². The zero-order valence-electron chi connectivity index (χ0n) is 10.1. The van der Waals surface area contributed by atoms with Crippen molar-refractivity contribution in [2.45, 2.75) is 4.90 Å². The molecule has 0 amide bonds. The summed E-state index contributed by atoms with van der Waals surface area (Å²) in [7, 11) is 3.50. The van der Waals surface area contributed by atoms with Crippen molar-refractivity contribution in [1.29, 1.82) is 0 Å². The summed E-state index contributed by atoms with van der Waals surface area (Å²) in [6, 6.07) is 7.80. The molecule has 17 heavy (non-hydrogen) atoms. The minimum absolute atomic E-state index is 0.648. The highest BCUT2D eigenvalue weighted by Crippen LogP contribution is 2.37. The van der Waals surface area contributed by atoms with Crippen molar-refractivity contribution in [1.82, 2.24) is 9.78 Å². The van der Waals surface area contributed by atoms with Crippen LogP contribution in [0.25, 0.3) is 11.3 Å². The Hall–Kier alpha value is -1.62. The average Bonchev–Trinajstić information content (AvgIpc) is 2.68. The Morgan fingerprint density at radius 2 is 2.18 bits per heavy atom. The third-order valence-corrected chi connectivity index (χ3v) is 3.42. The van der Waals surface area contributed by atoms with E-state index in [-0.39, 0.29) is 0 Å². The van der Waals surface area contributed by atoms with Gasteiger partial charge in [0.05, 0.1) is 17.7 Å². The van der Waals surface area contributed by atoms with E-state index in [1.54, 1.807) is 23.6 Å². The van der Waals surface area contributed by atoms with Crippen LogP contribution >= 0.6 is 11.8 Å². The van der Waals surface area contributed by atoms with Crippen LogP contribution in [-0.2, 0) is 7.05 Å². The maximum atomic E-state index is 5.80. The van der Waals surface area contributed by atoms with Crippen LogP contribution in [0, 0.1) is 0 Å². The SMILES string of the molecule is COc1cccc(-c2cc(N)n(C)n2)c1SC. The Kier molecular flexibility index (Phi) is 3.28. The van der Waals surface area contributed by atoms with Crippen LogP contribution in [0.1, 0.15) is 0 Å². The summed E-state index contributed by atoms with van der Waals surface area (Å²) >= 11 is 1.64. The molecule has 0 unspecified atom stereocenters. The number of nitrogens with two attached hydrogens (primary N) is 1. The first kappa shape index (κ1) is 11.9. The van der Waals surface area contributed by atoms with E-state index in [4.69, 9.17) is 10.5 Å². The second-order valence-corrected chi connectivity index (χ2v) is 4.44. The molecule has 0 spiro atoms. The van der Waals surface area contributed by atoms with Gasteiger partial charge in [-0.1, -0.05) is 12.1 Å². The molecule has 2 N–H and O–H groups in total. The van der Waals surface area contributed by atoms with Crippen molar-refractivity contribution >= 4 is 17.6 Å². The topological polar surface area (TPSA) is 53.1 Å². The molecule has 4 nitrogen and oxygen atoms in total. The monoisotopic (exact) mass is 249 g/mol. The molecule has 0 fully saturated rings. The molecule has 0 radical (unpaired) electrons. The number of thioether (sulfide) groups is 1. The molecular weight excluding hydrogens is 234 g/mol. The number of anilines is 1. The van der Waals surface area contributed by atoms with Crippen molar-refractivity contribution < 1.29 is 4.74 Å². The van der Waals surface area contributed by atoms with E-state index in [9.17, 15) is 0 Å². The predicted octanol–water partition coefficient (Wildman–Crippen LogP) is 2.40. The summed E-state index contributed by atoms with van der Waals surface area (Å²) < 4.78 is 7.01. The van der Waals surface area contributed by atoms with Crippen molar-refractivity contribution in [2.75, 3.05) is 19.1 Å². The molecule has 0 atom stereocenters. The summed E-state index contributed by atoms with van der Waals surface area (Å²) in [5.41, 5.74) is 7.72. The molecule has 5 heteroatoms. The number of aryl methyl sites for hydroxylation is 1. The lowest BCUT2D eigenvalue weighted by molar-refractivity contribution is 0.405. The van der Waals surface area contributed by atoms with Crippen molar-refractivity contribution in [3.05, 3.63) is 24.3 Å². The van der Waals surface area contributed by atoms with Gasteiger partial charge in [0.1, 0.15) is 11.6 Å². The highest BCUT2D eigenvalue weighted by Gasteiger charge is 2.13. The molecule has 2 aromatic rings. The zero-order chi connectivity index (χ0) is 12.4. The molecule has 0 aliphatic rings. The summed E-state index contributed by atoms with van der Waals surface area (Å²) in [6.07, 6.45) is 2.02. The highest BCUT2D eigenvalue weighted by atomic mass is 32.2. The van der Waals surface area contributed by atoms with E-state index < -0.39 is 0 Å². The van der Waals surface area contributed by atoms with Gasteiger partial charge < -0.3 is 10.5 Å². The minimum atomic E-state index is 0.648. The van der Waals surface area contributed by atoms with E-state index in [2.05, 4.69) is 5.10 Å². The fraction of sp³-hybridized carbons (Fsp3) is 0.250. The highest BCUT2D eigenvalue weighted by molar-refractivity contribution is 7.98. The molecule has 0 saturated heterocycles. The van der Waals surface area contributed by atoms with Crippen LogP contribution in [-0.4, -0.2) is 23.1 Å². The minimum Gasteiger partial charge on any atom is -0.496 e. The maximum Gasteiger partial charge on any atom is 0.133 e. The summed E-state index contributed by atoms with van der Waals surface area (Å²) in [5, 5.41) is 4.39. The number of ether oxygens (including phenoxy) is 1. The van der Waals surface area contributed by atoms with Crippen LogP contribution in [0.4, 0.5) is 5.82 Å². The van der Waals surface area contributed by atoms with Gasteiger partial charge in [-0.2, -0.15) is 5.10 Å². The second-order valence-electron chi connectivity index (χ2n) is 3.62. The fourth-order valence-corrected chi connectivity index (χ4v) is 2.45. The third-order valence-electron chi connectivity index (χ3n) is 2.59. The van der Waals surface area contributed by atoms with Crippen LogP contribution < -0.4 is 10.5 Å². The lowest BCUT2D eigenvalue weighted by Crippen LogP contribution is -1.96. The molecule has 0 aliphatic heterocycles. The molecule has 90 valence electrons. The quantitative estimate of drug-likeness (QED) is 0.849. The predicted molar refractivity (Wildman–Crippen MR) is 71.4 cm³/mol. The first-order valence-electron chi connectivity index (χ1n) is 5.18. The van der Waals surface area contributed by atoms with E-state index in [1.165, 1.54) is 0 Å². The molecule has 1 aromatic heterocycles. The van der Waals surface area contributed by atoms with Crippen molar-refractivity contribution in [3.8, 4) is 17.0 Å². The molecule has 0 saturated carbocycles. The van der Waals surface area contributed by atoms with E-state index >= 15 is 0 Å². The Bertz CT molecular complexity index is 517.